The molecule has 118 valence electrons. The summed E-state index contributed by atoms with van der Waals surface area (Å²) in [6, 6.07) is -0.165. The molecule has 1 saturated heterocycles. The molecule has 1 atom stereocenters. The van der Waals surface area contributed by atoms with Gasteiger partial charge < -0.3 is 19.5 Å². The SMILES string of the molecule is Cc1csc([C@@H]2COCCN2C(=O)NCCn2ccnc2)n1. The number of morpholine rings is 1. The van der Waals surface area contributed by atoms with Crippen molar-refractivity contribution in [2.24, 2.45) is 0 Å². The summed E-state index contributed by atoms with van der Waals surface area (Å²) < 4.78 is 7.45. The maximum atomic E-state index is 12.4. The van der Waals surface area contributed by atoms with Crippen molar-refractivity contribution < 1.29 is 9.53 Å². The van der Waals surface area contributed by atoms with E-state index in [2.05, 4.69) is 15.3 Å². The highest BCUT2D eigenvalue weighted by atomic mass is 32.1. The number of amides is 2. The van der Waals surface area contributed by atoms with Crippen LogP contribution in [0.4, 0.5) is 4.79 Å². The molecule has 1 aliphatic heterocycles. The summed E-state index contributed by atoms with van der Waals surface area (Å²) in [6.45, 7) is 4.88. The summed E-state index contributed by atoms with van der Waals surface area (Å²) in [5.74, 6) is 0. The van der Waals surface area contributed by atoms with Gasteiger partial charge in [-0.25, -0.2) is 14.8 Å². The number of hydrogen-bond acceptors (Lipinski definition) is 5. The molecule has 22 heavy (non-hydrogen) atoms. The normalized spacial score (nSPS) is 18.4. The molecule has 0 saturated carbocycles. The number of hydrogen-bond donors (Lipinski definition) is 1. The number of urea groups is 1. The van der Waals surface area contributed by atoms with Gasteiger partial charge in [-0.2, -0.15) is 0 Å². The quantitative estimate of drug-likeness (QED) is 0.925. The Balaban J connectivity index is 1.59. The maximum Gasteiger partial charge on any atom is 0.318 e. The lowest BCUT2D eigenvalue weighted by Crippen LogP contribution is -2.48. The minimum atomic E-state index is -0.0966. The number of nitrogens with one attached hydrogen (secondary N) is 1. The van der Waals surface area contributed by atoms with Crippen LogP contribution >= 0.6 is 11.3 Å². The van der Waals surface area contributed by atoms with Crippen LogP contribution < -0.4 is 5.32 Å². The molecule has 1 N–H and O–H groups in total. The van der Waals surface area contributed by atoms with Crippen molar-refractivity contribution >= 4 is 17.4 Å². The Bertz CT molecular complexity index is 613. The highest BCUT2D eigenvalue weighted by Gasteiger charge is 2.30. The van der Waals surface area contributed by atoms with Crippen LogP contribution in [-0.2, 0) is 11.3 Å². The number of imidazole rings is 1. The summed E-state index contributed by atoms with van der Waals surface area (Å²) in [5, 5.41) is 5.89. The fourth-order valence-electron chi connectivity index (χ4n) is 2.39. The molecule has 0 aromatic carbocycles. The van der Waals surface area contributed by atoms with Crippen molar-refractivity contribution in [2.75, 3.05) is 26.3 Å². The minimum Gasteiger partial charge on any atom is -0.377 e. The topological polar surface area (TPSA) is 72.3 Å². The third-order valence-corrected chi connectivity index (χ3v) is 4.58. The first-order chi connectivity index (χ1) is 10.7. The van der Waals surface area contributed by atoms with E-state index in [1.165, 1.54) is 0 Å². The molecule has 2 amide bonds. The fraction of sp³-hybridized carbons (Fsp3) is 0.500. The third kappa shape index (κ3) is 3.45. The van der Waals surface area contributed by atoms with Crippen LogP contribution in [0.25, 0.3) is 0 Å². The first-order valence-corrected chi connectivity index (χ1v) is 8.12. The summed E-state index contributed by atoms with van der Waals surface area (Å²) in [6.07, 6.45) is 5.34. The van der Waals surface area contributed by atoms with E-state index in [1.54, 1.807) is 23.9 Å². The van der Waals surface area contributed by atoms with Crippen molar-refractivity contribution in [3.63, 3.8) is 0 Å². The number of carbonyl (C=O) groups is 1. The van der Waals surface area contributed by atoms with Crippen molar-refractivity contribution in [3.8, 4) is 0 Å². The molecule has 1 aliphatic rings. The van der Waals surface area contributed by atoms with Crippen LogP contribution in [0.1, 0.15) is 16.7 Å². The van der Waals surface area contributed by atoms with Gasteiger partial charge in [-0.1, -0.05) is 0 Å². The first-order valence-electron chi connectivity index (χ1n) is 7.24. The largest absolute Gasteiger partial charge is 0.377 e. The van der Waals surface area contributed by atoms with E-state index >= 15 is 0 Å². The van der Waals surface area contributed by atoms with Crippen LogP contribution in [0.5, 0.6) is 0 Å². The van der Waals surface area contributed by atoms with Gasteiger partial charge >= 0.3 is 6.03 Å². The second-order valence-corrected chi connectivity index (χ2v) is 6.03. The molecule has 0 radical (unpaired) electrons. The second-order valence-electron chi connectivity index (χ2n) is 5.14. The molecule has 2 aromatic rings. The van der Waals surface area contributed by atoms with Gasteiger partial charge in [0.15, 0.2) is 0 Å². The van der Waals surface area contributed by atoms with Gasteiger partial charge in [0.25, 0.3) is 0 Å². The number of thiazole rings is 1. The molecule has 3 heterocycles. The van der Waals surface area contributed by atoms with Crippen molar-refractivity contribution in [2.45, 2.75) is 19.5 Å². The lowest BCUT2D eigenvalue weighted by molar-refractivity contribution is 0.0115. The lowest BCUT2D eigenvalue weighted by Gasteiger charge is -2.34. The van der Waals surface area contributed by atoms with E-state index in [4.69, 9.17) is 4.74 Å². The van der Waals surface area contributed by atoms with Crippen molar-refractivity contribution in [1.29, 1.82) is 0 Å². The molecular weight excluding hydrogens is 302 g/mol. The van der Waals surface area contributed by atoms with Gasteiger partial charge in [-0.15, -0.1) is 11.3 Å². The summed E-state index contributed by atoms with van der Waals surface area (Å²) >= 11 is 1.57. The van der Waals surface area contributed by atoms with Crippen LogP contribution in [0.15, 0.2) is 24.1 Å². The minimum absolute atomic E-state index is 0.0683. The molecule has 1 fully saturated rings. The second kappa shape index (κ2) is 6.89. The predicted octanol–water partition coefficient (Wildman–Crippen LogP) is 1.43. The first kappa shape index (κ1) is 15.0. The highest BCUT2D eigenvalue weighted by Crippen LogP contribution is 2.26. The Labute approximate surface area is 132 Å². The Kier molecular flexibility index (Phi) is 4.69. The van der Waals surface area contributed by atoms with Gasteiger partial charge in [0, 0.05) is 43.1 Å². The van der Waals surface area contributed by atoms with Crippen LogP contribution in [0, 0.1) is 6.92 Å². The number of ether oxygens (including phenoxy) is 1. The van der Waals surface area contributed by atoms with Gasteiger partial charge in [-0.3, -0.25) is 0 Å². The standard InChI is InChI=1S/C14H19N5O2S/c1-11-9-22-13(17-11)12-8-21-7-6-19(12)14(20)16-3-5-18-4-2-15-10-18/h2,4,9-10,12H,3,5-8H2,1H3,(H,16,20)/t12-/m0/s1. The van der Waals surface area contributed by atoms with Gasteiger partial charge in [-0.05, 0) is 6.92 Å². The molecule has 8 heteroatoms. The van der Waals surface area contributed by atoms with E-state index in [1.807, 2.05) is 28.0 Å². The Hall–Kier alpha value is -1.93. The average molecular weight is 321 g/mol. The number of rotatable bonds is 4. The summed E-state index contributed by atoms with van der Waals surface area (Å²) in [7, 11) is 0. The average Bonchev–Trinajstić information content (AvgIpc) is 3.19. The monoisotopic (exact) mass is 321 g/mol. The lowest BCUT2D eigenvalue weighted by atomic mass is 10.2. The zero-order valence-corrected chi connectivity index (χ0v) is 13.3. The fourth-order valence-corrected chi connectivity index (χ4v) is 3.28. The number of carbonyl (C=O) groups excluding carboxylic acids is 1. The molecule has 0 spiro atoms. The molecular formula is C14H19N5O2S. The van der Waals surface area contributed by atoms with Crippen molar-refractivity contribution in [1.82, 2.24) is 24.8 Å². The predicted molar refractivity (Wildman–Crippen MR) is 82.7 cm³/mol. The van der Waals surface area contributed by atoms with Crippen LogP contribution in [-0.4, -0.2) is 51.8 Å². The molecule has 3 rings (SSSR count). The van der Waals surface area contributed by atoms with E-state index < -0.39 is 0 Å². The van der Waals surface area contributed by atoms with E-state index in [-0.39, 0.29) is 12.1 Å². The van der Waals surface area contributed by atoms with Crippen LogP contribution in [0.2, 0.25) is 0 Å². The Morgan fingerprint density at radius 2 is 2.50 bits per heavy atom. The van der Waals surface area contributed by atoms with Gasteiger partial charge in [0.2, 0.25) is 0 Å². The third-order valence-electron chi connectivity index (χ3n) is 3.52. The molecule has 2 aromatic heterocycles. The molecule has 0 unspecified atom stereocenters. The number of aryl methyl sites for hydroxylation is 1. The van der Waals surface area contributed by atoms with E-state index in [0.29, 0.717) is 32.8 Å². The molecule has 0 aliphatic carbocycles. The van der Waals surface area contributed by atoms with Crippen molar-refractivity contribution in [3.05, 3.63) is 34.8 Å². The van der Waals surface area contributed by atoms with Gasteiger partial charge in [0.1, 0.15) is 11.0 Å². The zero-order chi connectivity index (χ0) is 15.4. The Morgan fingerprint density at radius 1 is 1.59 bits per heavy atom. The number of aromatic nitrogens is 3. The van der Waals surface area contributed by atoms with Crippen LogP contribution in [0.3, 0.4) is 0 Å². The van der Waals surface area contributed by atoms with E-state index in [0.717, 1.165) is 10.7 Å². The van der Waals surface area contributed by atoms with E-state index in [9.17, 15) is 4.79 Å². The van der Waals surface area contributed by atoms with Gasteiger partial charge in [0.05, 0.1) is 19.5 Å². The summed E-state index contributed by atoms with van der Waals surface area (Å²) in [4.78, 5) is 22.7. The maximum absolute atomic E-state index is 12.4. The molecule has 0 bridgehead atoms. The molecule has 7 nitrogen and oxygen atoms in total. The Morgan fingerprint density at radius 3 is 3.23 bits per heavy atom. The zero-order valence-electron chi connectivity index (χ0n) is 12.4. The smallest absolute Gasteiger partial charge is 0.318 e. The number of nitrogens with zero attached hydrogens (tertiary/aromatic N) is 4. The highest BCUT2D eigenvalue weighted by molar-refractivity contribution is 7.09. The summed E-state index contributed by atoms with van der Waals surface area (Å²) in [5.41, 5.74) is 0.978.